The largest absolute Gasteiger partial charge is 0.491 e. The van der Waals surface area contributed by atoms with Gasteiger partial charge in [0.25, 0.3) is 0 Å². The van der Waals surface area contributed by atoms with Crippen molar-refractivity contribution in [2.75, 3.05) is 51.0 Å². The Kier molecular flexibility index (Phi) is 8.12. The molecule has 3 aromatic rings. The maximum Gasteiger partial charge on any atom is 0.211 e. The molecule has 1 saturated heterocycles. The second-order valence-corrected chi connectivity index (χ2v) is 11.3. The fourth-order valence-corrected chi connectivity index (χ4v) is 5.69. The number of benzene rings is 1. The molecular weight excluding hydrogens is 496 g/mol. The fraction of sp³-hybridized carbons (Fsp3) is 0.480. The summed E-state index contributed by atoms with van der Waals surface area (Å²) in [7, 11) is -1.52. The highest BCUT2D eigenvalue weighted by Crippen LogP contribution is 2.32. The molecule has 200 valence electrons. The van der Waals surface area contributed by atoms with E-state index in [-0.39, 0.29) is 12.6 Å². The van der Waals surface area contributed by atoms with Gasteiger partial charge in [-0.2, -0.15) is 4.31 Å². The lowest BCUT2D eigenvalue weighted by atomic mass is 10.1. The Morgan fingerprint density at radius 1 is 1.24 bits per heavy atom. The van der Waals surface area contributed by atoms with E-state index in [0.29, 0.717) is 55.0 Å². The van der Waals surface area contributed by atoms with Gasteiger partial charge in [0, 0.05) is 43.9 Å². The Bertz CT molecular complexity index is 1330. The van der Waals surface area contributed by atoms with Gasteiger partial charge in [-0.3, -0.25) is 0 Å². The van der Waals surface area contributed by atoms with Gasteiger partial charge >= 0.3 is 0 Å². The number of piperazine rings is 1. The van der Waals surface area contributed by atoms with Gasteiger partial charge in [-0.25, -0.2) is 18.4 Å². The van der Waals surface area contributed by atoms with E-state index in [1.165, 1.54) is 10.6 Å². The molecular formula is C25H34N6O5S. The van der Waals surface area contributed by atoms with Crippen LogP contribution in [0.25, 0.3) is 22.6 Å². The van der Waals surface area contributed by atoms with E-state index in [1.54, 1.807) is 7.05 Å². The number of rotatable bonds is 9. The van der Waals surface area contributed by atoms with Crippen LogP contribution in [0, 0.1) is 13.8 Å². The van der Waals surface area contributed by atoms with Gasteiger partial charge in [-0.15, -0.1) is 0 Å². The molecule has 1 aliphatic rings. The molecule has 0 bridgehead atoms. The molecule has 0 saturated carbocycles. The van der Waals surface area contributed by atoms with Crippen LogP contribution in [0.3, 0.4) is 0 Å². The van der Waals surface area contributed by atoms with Gasteiger partial charge in [-0.05, 0) is 40.0 Å². The molecule has 0 radical (unpaired) electrons. The van der Waals surface area contributed by atoms with Crippen molar-refractivity contribution in [3.05, 3.63) is 41.8 Å². The van der Waals surface area contributed by atoms with Crippen LogP contribution in [0.1, 0.15) is 18.4 Å². The highest BCUT2D eigenvalue weighted by atomic mass is 32.2. The summed E-state index contributed by atoms with van der Waals surface area (Å²) in [6.45, 7) is 7.55. The topological polar surface area (TPSA) is 134 Å². The first kappa shape index (κ1) is 27.0. The summed E-state index contributed by atoms with van der Waals surface area (Å²) in [6, 6.07) is 9.11. The number of hydrogen-bond acceptors (Lipinski definition) is 10. The van der Waals surface area contributed by atoms with Crippen molar-refractivity contribution in [2.24, 2.45) is 0 Å². The van der Waals surface area contributed by atoms with E-state index in [4.69, 9.17) is 19.2 Å². The number of aliphatic hydroxyl groups is 1. The second-order valence-electron chi connectivity index (χ2n) is 9.35. The van der Waals surface area contributed by atoms with Crippen LogP contribution in [0.5, 0.6) is 5.75 Å². The average molecular weight is 531 g/mol. The Labute approximate surface area is 217 Å². The van der Waals surface area contributed by atoms with Gasteiger partial charge < -0.3 is 24.6 Å². The molecule has 2 aromatic heterocycles. The summed E-state index contributed by atoms with van der Waals surface area (Å²) in [5, 5.41) is 17.0. The maximum atomic E-state index is 12.2. The summed E-state index contributed by atoms with van der Waals surface area (Å²) in [5.74, 6) is 2.43. The third-order valence-electron chi connectivity index (χ3n) is 6.29. The molecule has 2 N–H and O–H groups in total. The number of aryl methyl sites for hydroxylation is 2. The number of likely N-dealkylation sites (N-methyl/N-ethyl adjacent to an activating group) is 1. The van der Waals surface area contributed by atoms with Crippen LogP contribution in [-0.2, 0) is 10.0 Å². The predicted molar refractivity (Wildman–Crippen MR) is 141 cm³/mol. The smallest absolute Gasteiger partial charge is 0.211 e. The molecule has 3 heterocycles. The highest BCUT2D eigenvalue weighted by Gasteiger charge is 2.31. The third kappa shape index (κ3) is 6.27. The summed E-state index contributed by atoms with van der Waals surface area (Å²) in [4.78, 5) is 11.8. The van der Waals surface area contributed by atoms with Gasteiger partial charge in [0.15, 0.2) is 5.82 Å². The Hall–Kier alpha value is -3.06. The number of nitrogens with one attached hydrogen (secondary N) is 1. The van der Waals surface area contributed by atoms with Crippen LogP contribution >= 0.6 is 0 Å². The van der Waals surface area contributed by atoms with Crippen molar-refractivity contribution in [3.63, 3.8) is 0 Å². The molecule has 37 heavy (non-hydrogen) atoms. The average Bonchev–Trinajstić information content (AvgIpc) is 3.19. The third-order valence-corrected chi connectivity index (χ3v) is 7.69. The lowest BCUT2D eigenvalue weighted by molar-refractivity contribution is 0.108. The predicted octanol–water partition coefficient (Wildman–Crippen LogP) is 1.84. The molecule has 0 aliphatic carbocycles. The number of anilines is 1. The van der Waals surface area contributed by atoms with E-state index >= 15 is 0 Å². The fourth-order valence-electron chi connectivity index (χ4n) is 4.56. The van der Waals surface area contributed by atoms with E-state index in [2.05, 4.69) is 15.4 Å². The standard InChI is InChI=1S/C25H34N6O5S/c1-16-14-30(9-10-31(16)37(5,33)34)23-12-22(24-17(2)29-36-18(24)3)27-25(28-23)19-7-6-8-21(11-19)35-15-20(32)13-26-4/h6-8,11-12,16,20,26,32H,9-10,13-15H2,1-5H3/t16-,20?/m1/s1. The van der Waals surface area contributed by atoms with Crippen molar-refractivity contribution in [1.82, 2.24) is 24.7 Å². The highest BCUT2D eigenvalue weighted by molar-refractivity contribution is 7.88. The van der Waals surface area contributed by atoms with Gasteiger partial charge in [0.2, 0.25) is 10.0 Å². The van der Waals surface area contributed by atoms with E-state index < -0.39 is 16.1 Å². The minimum Gasteiger partial charge on any atom is -0.491 e. The quantitative estimate of drug-likeness (QED) is 0.422. The second kappa shape index (κ2) is 11.1. The summed E-state index contributed by atoms with van der Waals surface area (Å²) in [5.41, 5.74) is 2.94. The molecule has 1 aromatic carbocycles. The molecule has 11 nitrogen and oxygen atoms in total. The lowest BCUT2D eigenvalue weighted by Gasteiger charge is -2.39. The van der Waals surface area contributed by atoms with Crippen molar-refractivity contribution in [2.45, 2.75) is 32.9 Å². The molecule has 0 spiro atoms. The Balaban J connectivity index is 1.70. The first-order valence-electron chi connectivity index (χ1n) is 12.2. The number of aliphatic hydroxyl groups excluding tert-OH is 1. The van der Waals surface area contributed by atoms with Crippen LogP contribution in [0.4, 0.5) is 5.82 Å². The van der Waals surface area contributed by atoms with Crippen LogP contribution < -0.4 is 15.0 Å². The minimum absolute atomic E-state index is 0.151. The summed E-state index contributed by atoms with van der Waals surface area (Å²) in [6.07, 6.45) is 0.608. The number of nitrogens with zero attached hydrogens (tertiary/aromatic N) is 5. The molecule has 12 heteroatoms. The van der Waals surface area contributed by atoms with Crippen molar-refractivity contribution in [3.8, 4) is 28.4 Å². The van der Waals surface area contributed by atoms with Gasteiger partial charge in [0.1, 0.15) is 30.0 Å². The minimum atomic E-state index is -3.29. The summed E-state index contributed by atoms with van der Waals surface area (Å²) < 4.78 is 37.0. The van der Waals surface area contributed by atoms with E-state index in [0.717, 1.165) is 16.8 Å². The summed E-state index contributed by atoms with van der Waals surface area (Å²) >= 11 is 0. The van der Waals surface area contributed by atoms with Gasteiger partial charge in [0.05, 0.1) is 23.2 Å². The Morgan fingerprint density at radius 2 is 2.03 bits per heavy atom. The normalized spacial score (nSPS) is 17.7. The van der Waals surface area contributed by atoms with Crippen molar-refractivity contribution >= 4 is 15.8 Å². The van der Waals surface area contributed by atoms with Crippen LogP contribution in [0.2, 0.25) is 0 Å². The Morgan fingerprint density at radius 3 is 2.68 bits per heavy atom. The molecule has 0 amide bonds. The molecule has 4 rings (SSSR count). The lowest BCUT2D eigenvalue weighted by Crippen LogP contribution is -2.53. The van der Waals surface area contributed by atoms with E-state index in [9.17, 15) is 13.5 Å². The van der Waals surface area contributed by atoms with Crippen molar-refractivity contribution in [1.29, 1.82) is 0 Å². The van der Waals surface area contributed by atoms with Crippen LogP contribution in [0.15, 0.2) is 34.9 Å². The molecule has 2 atom stereocenters. The van der Waals surface area contributed by atoms with Crippen LogP contribution in [-0.4, -0.2) is 91.2 Å². The zero-order valence-corrected chi connectivity index (χ0v) is 22.6. The monoisotopic (exact) mass is 530 g/mol. The first-order chi connectivity index (χ1) is 17.6. The zero-order valence-electron chi connectivity index (χ0n) is 21.8. The number of aromatic nitrogens is 3. The SMILES string of the molecule is CNCC(O)COc1cccc(-c2nc(-c3c(C)noc3C)cc(N3CCN(S(C)(=O)=O)[C@H](C)C3)n2)c1. The van der Waals surface area contributed by atoms with E-state index in [1.807, 2.05) is 51.1 Å². The molecule has 1 fully saturated rings. The molecule has 1 aliphatic heterocycles. The maximum absolute atomic E-state index is 12.2. The van der Waals surface area contributed by atoms with Crippen molar-refractivity contribution < 1.29 is 22.8 Å². The number of sulfonamides is 1. The van der Waals surface area contributed by atoms with Gasteiger partial charge in [-0.1, -0.05) is 17.3 Å². The number of hydrogen-bond donors (Lipinski definition) is 2. The first-order valence-corrected chi connectivity index (χ1v) is 14.0. The number of ether oxygens (including phenoxy) is 1. The molecule has 1 unspecified atom stereocenters. The zero-order chi connectivity index (χ0) is 26.7.